The van der Waals surface area contributed by atoms with Crippen LogP contribution in [0.5, 0.6) is 0 Å². The Morgan fingerprint density at radius 1 is 1.40 bits per heavy atom. The molecule has 0 amide bonds. The average molecular weight is 269 g/mol. The average Bonchev–Trinajstić information content (AvgIpc) is 2.47. The predicted molar refractivity (Wildman–Crippen MR) is 80.8 cm³/mol. The first kappa shape index (κ1) is 14.3. The zero-order valence-electron chi connectivity index (χ0n) is 12.1. The van der Waals surface area contributed by atoms with E-state index < -0.39 is 0 Å². The Bertz CT molecular complexity index is 633. The van der Waals surface area contributed by atoms with E-state index in [1.807, 2.05) is 30.3 Å². The van der Waals surface area contributed by atoms with E-state index in [-0.39, 0.29) is 6.04 Å². The van der Waals surface area contributed by atoms with Gasteiger partial charge in [-0.25, -0.2) is 4.98 Å². The quantitative estimate of drug-likeness (QED) is 0.837. The third-order valence-electron chi connectivity index (χ3n) is 3.40. The minimum absolute atomic E-state index is 0.213. The standard InChI is InChI=1S/C16H19N3O/c1-4-19(12(2)11-20-3)16-9-13(10-17)14-7-5-6-8-15(14)18-16/h5-9,12H,4,11H2,1-3H3. The van der Waals surface area contributed by atoms with E-state index in [0.29, 0.717) is 12.2 Å². The van der Waals surface area contributed by atoms with E-state index in [9.17, 15) is 5.26 Å². The lowest BCUT2D eigenvalue weighted by molar-refractivity contribution is 0.181. The van der Waals surface area contributed by atoms with Gasteiger partial charge in [-0.1, -0.05) is 18.2 Å². The third-order valence-corrected chi connectivity index (χ3v) is 3.40. The predicted octanol–water partition coefficient (Wildman–Crippen LogP) is 2.97. The molecule has 0 aliphatic rings. The van der Waals surface area contributed by atoms with Gasteiger partial charge < -0.3 is 9.64 Å². The summed E-state index contributed by atoms with van der Waals surface area (Å²) in [6, 6.07) is 12.1. The summed E-state index contributed by atoms with van der Waals surface area (Å²) >= 11 is 0. The van der Waals surface area contributed by atoms with Gasteiger partial charge in [0.1, 0.15) is 5.82 Å². The minimum Gasteiger partial charge on any atom is -0.383 e. The van der Waals surface area contributed by atoms with Crippen LogP contribution in [0.25, 0.3) is 10.9 Å². The summed E-state index contributed by atoms with van der Waals surface area (Å²) < 4.78 is 5.22. The first-order valence-electron chi connectivity index (χ1n) is 6.76. The number of nitriles is 1. The molecule has 104 valence electrons. The van der Waals surface area contributed by atoms with Gasteiger partial charge in [0, 0.05) is 19.0 Å². The summed E-state index contributed by atoms with van der Waals surface area (Å²) in [7, 11) is 1.69. The van der Waals surface area contributed by atoms with E-state index in [2.05, 4.69) is 29.8 Å². The van der Waals surface area contributed by atoms with Crippen LogP contribution >= 0.6 is 0 Å². The molecule has 2 rings (SSSR count). The second-order valence-corrected chi connectivity index (χ2v) is 4.75. The summed E-state index contributed by atoms with van der Waals surface area (Å²) in [4.78, 5) is 6.83. The molecule has 20 heavy (non-hydrogen) atoms. The summed E-state index contributed by atoms with van der Waals surface area (Å²) in [5, 5.41) is 10.2. The minimum atomic E-state index is 0.213. The van der Waals surface area contributed by atoms with Crippen LogP contribution in [-0.4, -0.2) is 31.3 Å². The number of para-hydroxylation sites is 1. The van der Waals surface area contributed by atoms with Crippen molar-refractivity contribution in [3.05, 3.63) is 35.9 Å². The Kier molecular flexibility index (Phi) is 4.54. The maximum Gasteiger partial charge on any atom is 0.130 e. The highest BCUT2D eigenvalue weighted by molar-refractivity contribution is 5.86. The number of rotatable bonds is 5. The number of ether oxygens (including phenoxy) is 1. The number of anilines is 1. The van der Waals surface area contributed by atoms with E-state index in [4.69, 9.17) is 4.74 Å². The van der Waals surface area contributed by atoms with Crippen LogP contribution in [0, 0.1) is 11.3 Å². The van der Waals surface area contributed by atoms with Crippen LogP contribution in [-0.2, 0) is 4.74 Å². The first-order valence-corrected chi connectivity index (χ1v) is 6.76. The van der Waals surface area contributed by atoms with Crippen LogP contribution < -0.4 is 4.90 Å². The van der Waals surface area contributed by atoms with Crippen LogP contribution in [0.4, 0.5) is 5.82 Å². The Hall–Kier alpha value is -2.12. The molecule has 4 heteroatoms. The Morgan fingerprint density at radius 3 is 2.80 bits per heavy atom. The van der Waals surface area contributed by atoms with Crippen molar-refractivity contribution in [1.29, 1.82) is 5.26 Å². The van der Waals surface area contributed by atoms with Crippen LogP contribution in [0.1, 0.15) is 19.4 Å². The molecule has 0 saturated heterocycles. The van der Waals surface area contributed by atoms with E-state index >= 15 is 0 Å². The van der Waals surface area contributed by atoms with Crippen LogP contribution in [0.15, 0.2) is 30.3 Å². The molecule has 0 bridgehead atoms. The monoisotopic (exact) mass is 269 g/mol. The normalized spacial score (nSPS) is 12.1. The summed E-state index contributed by atoms with van der Waals surface area (Å²) in [6.45, 7) is 5.62. The van der Waals surface area contributed by atoms with E-state index in [1.165, 1.54) is 0 Å². The highest BCUT2D eigenvalue weighted by Crippen LogP contribution is 2.23. The second kappa shape index (κ2) is 6.36. The molecule has 0 N–H and O–H groups in total. The van der Waals surface area contributed by atoms with Gasteiger partial charge >= 0.3 is 0 Å². The van der Waals surface area contributed by atoms with Crippen molar-refractivity contribution < 1.29 is 4.74 Å². The molecule has 1 atom stereocenters. The highest BCUT2D eigenvalue weighted by Gasteiger charge is 2.16. The molecule has 0 spiro atoms. The van der Waals surface area contributed by atoms with Crippen molar-refractivity contribution in [3.63, 3.8) is 0 Å². The van der Waals surface area contributed by atoms with Crippen molar-refractivity contribution >= 4 is 16.7 Å². The van der Waals surface area contributed by atoms with Crippen molar-refractivity contribution in [2.45, 2.75) is 19.9 Å². The molecule has 1 aromatic carbocycles. The lowest BCUT2D eigenvalue weighted by atomic mass is 10.1. The first-order chi connectivity index (χ1) is 9.71. The number of hydrogen-bond donors (Lipinski definition) is 0. The van der Waals surface area contributed by atoms with Gasteiger partial charge in [0.25, 0.3) is 0 Å². The number of fused-ring (bicyclic) bond motifs is 1. The molecule has 1 aromatic heterocycles. The van der Waals surface area contributed by atoms with Crippen molar-refractivity contribution in [2.24, 2.45) is 0 Å². The number of pyridine rings is 1. The van der Waals surface area contributed by atoms with Gasteiger partial charge in [0.15, 0.2) is 0 Å². The van der Waals surface area contributed by atoms with Crippen molar-refractivity contribution in [1.82, 2.24) is 4.98 Å². The maximum absolute atomic E-state index is 9.34. The second-order valence-electron chi connectivity index (χ2n) is 4.75. The van der Waals surface area contributed by atoms with Gasteiger partial charge in [-0.2, -0.15) is 5.26 Å². The van der Waals surface area contributed by atoms with Crippen molar-refractivity contribution in [2.75, 3.05) is 25.2 Å². The van der Waals surface area contributed by atoms with Crippen LogP contribution in [0.2, 0.25) is 0 Å². The molecule has 4 nitrogen and oxygen atoms in total. The SMILES string of the molecule is CCN(c1cc(C#N)c2ccccc2n1)C(C)COC. The fraction of sp³-hybridized carbons (Fsp3) is 0.375. The molecular formula is C16H19N3O. The Balaban J connectivity index is 2.51. The number of aromatic nitrogens is 1. The maximum atomic E-state index is 9.34. The summed E-state index contributed by atoms with van der Waals surface area (Å²) in [5.41, 5.74) is 1.51. The number of benzene rings is 1. The number of methoxy groups -OCH3 is 1. The highest BCUT2D eigenvalue weighted by atomic mass is 16.5. The fourth-order valence-electron chi connectivity index (χ4n) is 2.43. The third kappa shape index (κ3) is 2.73. The molecule has 0 saturated carbocycles. The Labute approximate surface area is 119 Å². The van der Waals surface area contributed by atoms with Gasteiger partial charge in [-0.15, -0.1) is 0 Å². The van der Waals surface area contributed by atoms with E-state index in [1.54, 1.807) is 7.11 Å². The number of nitrogens with zero attached hydrogens (tertiary/aromatic N) is 3. The number of likely N-dealkylation sites (N-methyl/N-ethyl adjacent to an activating group) is 1. The molecule has 0 fully saturated rings. The zero-order chi connectivity index (χ0) is 14.5. The fourth-order valence-corrected chi connectivity index (χ4v) is 2.43. The van der Waals surface area contributed by atoms with E-state index in [0.717, 1.165) is 23.3 Å². The van der Waals surface area contributed by atoms with Gasteiger partial charge in [0.2, 0.25) is 0 Å². The largest absolute Gasteiger partial charge is 0.383 e. The molecule has 0 aliphatic carbocycles. The smallest absolute Gasteiger partial charge is 0.130 e. The lowest BCUT2D eigenvalue weighted by Crippen LogP contribution is -2.36. The van der Waals surface area contributed by atoms with Crippen molar-refractivity contribution in [3.8, 4) is 6.07 Å². The molecule has 1 heterocycles. The molecule has 0 radical (unpaired) electrons. The van der Waals surface area contributed by atoms with Gasteiger partial charge in [0.05, 0.1) is 29.8 Å². The van der Waals surface area contributed by atoms with Crippen LogP contribution in [0.3, 0.4) is 0 Å². The van der Waals surface area contributed by atoms with Gasteiger partial charge in [-0.3, -0.25) is 0 Å². The molecule has 0 aliphatic heterocycles. The number of hydrogen-bond acceptors (Lipinski definition) is 4. The molecule has 1 unspecified atom stereocenters. The topological polar surface area (TPSA) is 49.2 Å². The molecular weight excluding hydrogens is 250 g/mol. The lowest BCUT2D eigenvalue weighted by Gasteiger charge is -2.29. The molecule has 2 aromatic rings. The van der Waals surface area contributed by atoms with Gasteiger partial charge in [-0.05, 0) is 26.0 Å². The summed E-state index contributed by atoms with van der Waals surface area (Å²) in [6.07, 6.45) is 0. The Morgan fingerprint density at radius 2 is 2.15 bits per heavy atom. The summed E-state index contributed by atoms with van der Waals surface area (Å²) in [5.74, 6) is 0.826. The zero-order valence-corrected chi connectivity index (χ0v) is 12.1.